The maximum absolute atomic E-state index is 13.6. The zero-order chi connectivity index (χ0) is 21.0. The summed E-state index contributed by atoms with van der Waals surface area (Å²) in [7, 11) is 0. The van der Waals surface area contributed by atoms with Gasteiger partial charge in [-0.15, -0.1) is 22.7 Å². The first-order valence-corrected chi connectivity index (χ1v) is 11.2. The minimum absolute atomic E-state index is 0.0403. The van der Waals surface area contributed by atoms with Gasteiger partial charge in [-0.25, -0.2) is 13.8 Å². The summed E-state index contributed by atoms with van der Waals surface area (Å²) in [5, 5.41) is 14.3. The van der Waals surface area contributed by atoms with Crippen LogP contribution in [0.3, 0.4) is 0 Å². The molecule has 4 aromatic rings. The van der Waals surface area contributed by atoms with Crippen molar-refractivity contribution < 1.29 is 23.5 Å². The molecule has 0 spiro atoms. The van der Waals surface area contributed by atoms with Gasteiger partial charge in [0, 0.05) is 10.9 Å². The fourth-order valence-electron chi connectivity index (χ4n) is 3.31. The second kappa shape index (κ2) is 7.08. The van der Waals surface area contributed by atoms with Crippen molar-refractivity contribution in [1.82, 2.24) is 4.98 Å². The molecule has 0 saturated heterocycles. The van der Waals surface area contributed by atoms with E-state index in [-0.39, 0.29) is 16.2 Å². The first-order valence-electron chi connectivity index (χ1n) is 8.59. The Hall–Kier alpha value is -2.95. The Kier molecular flexibility index (Phi) is 4.49. The van der Waals surface area contributed by atoms with Gasteiger partial charge in [0.05, 0.1) is 20.7 Å². The molecule has 4 heterocycles. The number of hydrogen-bond acceptors (Lipinski definition) is 7. The summed E-state index contributed by atoms with van der Waals surface area (Å²) in [6.07, 6.45) is 0. The van der Waals surface area contributed by atoms with Gasteiger partial charge in [-0.05, 0) is 29.0 Å². The van der Waals surface area contributed by atoms with Crippen molar-refractivity contribution in [3.05, 3.63) is 79.9 Å². The van der Waals surface area contributed by atoms with Crippen LogP contribution in [0.5, 0.6) is 0 Å². The Balaban J connectivity index is 1.67. The molecule has 150 valence electrons. The van der Waals surface area contributed by atoms with Crippen molar-refractivity contribution in [3.63, 3.8) is 0 Å². The molecule has 30 heavy (non-hydrogen) atoms. The maximum Gasteiger partial charge on any atom is 0.296 e. The zero-order valence-electron chi connectivity index (χ0n) is 14.8. The number of amides is 1. The SMILES string of the molecule is O=C(C1=C(O)C(=O)N(c2nc3cc(F)c(F)cc3s2)C1c1cccs1)c1cccs1. The van der Waals surface area contributed by atoms with Crippen LogP contribution in [0.15, 0.2) is 58.5 Å². The number of carbonyl (C=O) groups excluding carboxylic acids is 2. The van der Waals surface area contributed by atoms with E-state index in [1.54, 1.807) is 35.0 Å². The molecular weight excluding hydrogens is 450 g/mol. The van der Waals surface area contributed by atoms with Crippen LogP contribution in [0.4, 0.5) is 13.9 Å². The van der Waals surface area contributed by atoms with Crippen molar-refractivity contribution >= 4 is 61.0 Å². The van der Waals surface area contributed by atoms with Crippen molar-refractivity contribution in [1.29, 1.82) is 0 Å². The lowest BCUT2D eigenvalue weighted by Crippen LogP contribution is -2.30. The molecule has 10 heteroatoms. The Bertz CT molecular complexity index is 1290. The molecule has 0 aliphatic carbocycles. The Morgan fingerprint density at radius 3 is 2.53 bits per heavy atom. The number of ketones is 1. The van der Waals surface area contributed by atoms with Crippen LogP contribution in [-0.2, 0) is 4.79 Å². The lowest BCUT2D eigenvalue weighted by Gasteiger charge is -2.22. The summed E-state index contributed by atoms with van der Waals surface area (Å²) in [5.41, 5.74) is 0.144. The number of benzene rings is 1. The van der Waals surface area contributed by atoms with E-state index in [1.165, 1.54) is 27.6 Å². The van der Waals surface area contributed by atoms with Gasteiger partial charge < -0.3 is 5.11 Å². The summed E-state index contributed by atoms with van der Waals surface area (Å²) in [4.78, 5) is 32.6. The van der Waals surface area contributed by atoms with Gasteiger partial charge in [0.25, 0.3) is 5.91 Å². The van der Waals surface area contributed by atoms with Gasteiger partial charge >= 0.3 is 0 Å². The highest BCUT2D eigenvalue weighted by atomic mass is 32.1. The number of aliphatic hydroxyl groups is 1. The highest BCUT2D eigenvalue weighted by molar-refractivity contribution is 7.22. The van der Waals surface area contributed by atoms with E-state index >= 15 is 0 Å². The number of aromatic nitrogens is 1. The summed E-state index contributed by atoms with van der Waals surface area (Å²) in [5.74, 6) is -3.95. The highest BCUT2D eigenvalue weighted by Gasteiger charge is 2.46. The number of anilines is 1. The van der Waals surface area contributed by atoms with Crippen LogP contribution in [0.25, 0.3) is 10.2 Å². The second-order valence-electron chi connectivity index (χ2n) is 6.39. The average molecular weight is 461 g/mol. The van der Waals surface area contributed by atoms with Crippen LogP contribution >= 0.6 is 34.0 Å². The molecule has 5 nitrogen and oxygen atoms in total. The van der Waals surface area contributed by atoms with Crippen molar-refractivity contribution in [2.75, 3.05) is 4.90 Å². The van der Waals surface area contributed by atoms with Crippen LogP contribution in [0.2, 0.25) is 0 Å². The average Bonchev–Trinajstić information content (AvgIpc) is 3.50. The topological polar surface area (TPSA) is 70.5 Å². The van der Waals surface area contributed by atoms with Gasteiger partial charge in [-0.1, -0.05) is 23.5 Å². The molecule has 1 unspecified atom stereocenters. The van der Waals surface area contributed by atoms with Crippen molar-refractivity contribution in [2.45, 2.75) is 6.04 Å². The Morgan fingerprint density at radius 2 is 1.83 bits per heavy atom. The number of rotatable bonds is 4. The summed E-state index contributed by atoms with van der Waals surface area (Å²) < 4.78 is 27.6. The predicted molar refractivity (Wildman–Crippen MR) is 112 cm³/mol. The molecule has 0 fully saturated rings. The Labute approximate surface area is 180 Å². The molecular formula is C20H10F2N2O3S3. The van der Waals surface area contributed by atoms with Gasteiger partial charge in [-0.2, -0.15) is 0 Å². The van der Waals surface area contributed by atoms with E-state index in [1.807, 2.05) is 0 Å². The van der Waals surface area contributed by atoms with Gasteiger partial charge in [0.2, 0.25) is 5.78 Å². The molecule has 5 rings (SSSR count). The first-order chi connectivity index (χ1) is 14.5. The number of Topliss-reactive ketones (excluding diaryl/α,β-unsaturated/α-hetero) is 1. The normalized spacial score (nSPS) is 16.8. The molecule has 1 atom stereocenters. The zero-order valence-corrected chi connectivity index (χ0v) is 17.3. The fraction of sp³-hybridized carbons (Fsp3) is 0.0500. The fourth-order valence-corrected chi connectivity index (χ4v) is 5.81. The monoisotopic (exact) mass is 460 g/mol. The van der Waals surface area contributed by atoms with E-state index < -0.39 is 35.1 Å². The molecule has 1 aliphatic rings. The van der Waals surface area contributed by atoms with Gasteiger partial charge in [0.15, 0.2) is 22.5 Å². The van der Waals surface area contributed by atoms with Gasteiger partial charge in [-0.3, -0.25) is 14.5 Å². The third kappa shape index (κ3) is 2.87. The van der Waals surface area contributed by atoms with E-state index in [4.69, 9.17) is 0 Å². The number of thiazole rings is 1. The third-order valence-electron chi connectivity index (χ3n) is 4.64. The lowest BCUT2D eigenvalue weighted by molar-refractivity contribution is -0.117. The molecule has 1 aliphatic heterocycles. The van der Waals surface area contributed by atoms with Crippen LogP contribution in [0.1, 0.15) is 20.6 Å². The third-order valence-corrected chi connectivity index (χ3v) is 7.45. The Morgan fingerprint density at radius 1 is 1.10 bits per heavy atom. The molecule has 1 N–H and O–H groups in total. The van der Waals surface area contributed by atoms with Gasteiger partial charge in [0.1, 0.15) is 6.04 Å². The molecule has 1 aromatic carbocycles. The predicted octanol–water partition coefficient (Wildman–Crippen LogP) is 5.48. The van der Waals surface area contributed by atoms with Crippen LogP contribution in [0, 0.1) is 11.6 Å². The first kappa shape index (κ1) is 19.0. The number of aliphatic hydroxyl groups excluding tert-OH is 1. The molecule has 3 aromatic heterocycles. The van der Waals surface area contributed by atoms with Crippen molar-refractivity contribution in [2.24, 2.45) is 0 Å². The van der Waals surface area contributed by atoms with Crippen molar-refractivity contribution in [3.8, 4) is 0 Å². The van der Waals surface area contributed by atoms with E-state index in [0.29, 0.717) is 14.5 Å². The number of halogens is 2. The summed E-state index contributed by atoms with van der Waals surface area (Å²) in [6, 6.07) is 7.93. The molecule has 0 bridgehead atoms. The number of hydrogen-bond donors (Lipinski definition) is 1. The number of carbonyl (C=O) groups is 2. The van der Waals surface area contributed by atoms with Crippen LogP contribution < -0.4 is 4.90 Å². The minimum Gasteiger partial charge on any atom is -0.503 e. The van der Waals surface area contributed by atoms with E-state index in [0.717, 1.165) is 23.5 Å². The summed E-state index contributed by atoms with van der Waals surface area (Å²) >= 11 is 3.51. The minimum atomic E-state index is -1.04. The quantitative estimate of drug-likeness (QED) is 0.410. The van der Waals surface area contributed by atoms with E-state index in [2.05, 4.69) is 4.98 Å². The molecule has 1 amide bonds. The largest absolute Gasteiger partial charge is 0.503 e. The molecule has 0 radical (unpaired) electrons. The molecule has 0 saturated carbocycles. The lowest BCUT2D eigenvalue weighted by atomic mass is 10.0. The standard InChI is InChI=1S/C20H10F2N2O3S3/c21-9-7-11-14(8-10(9)22)30-20(23-11)24-16(12-3-1-5-28-12)15(18(26)19(24)27)17(25)13-4-2-6-29-13/h1-8,16,26H. The summed E-state index contributed by atoms with van der Waals surface area (Å²) in [6.45, 7) is 0. The number of nitrogens with zero attached hydrogens (tertiary/aromatic N) is 2. The second-order valence-corrected chi connectivity index (χ2v) is 9.33. The number of fused-ring (bicyclic) bond motifs is 1. The van der Waals surface area contributed by atoms with E-state index in [9.17, 15) is 23.5 Å². The smallest absolute Gasteiger partial charge is 0.296 e. The van der Waals surface area contributed by atoms with Crippen LogP contribution in [-0.4, -0.2) is 21.8 Å². The highest BCUT2D eigenvalue weighted by Crippen LogP contribution is 2.45. The number of thiophene rings is 2. The maximum atomic E-state index is 13.6.